The van der Waals surface area contributed by atoms with Crippen molar-refractivity contribution in [3.8, 4) is 0 Å². The standard InChI is InChI=1S/C16H20N4OS/c1-10(2)7-14-19-20-16(22-14)18-15(21)17-13-8-11-5-3-4-6-12(11)9-13/h3-6,10,13H,7-9H2,1-2H3,(H2,17,18,20,21). The van der Waals surface area contributed by atoms with Gasteiger partial charge in [-0.15, -0.1) is 10.2 Å². The van der Waals surface area contributed by atoms with Crippen molar-refractivity contribution in [3.63, 3.8) is 0 Å². The largest absolute Gasteiger partial charge is 0.334 e. The normalized spacial score (nSPS) is 14.1. The molecule has 2 amide bonds. The number of fused-ring (bicyclic) bond motifs is 1. The van der Waals surface area contributed by atoms with Crippen molar-refractivity contribution in [1.29, 1.82) is 0 Å². The fourth-order valence-corrected chi connectivity index (χ4v) is 3.66. The molecule has 0 fully saturated rings. The molecule has 1 aliphatic rings. The lowest BCUT2D eigenvalue weighted by molar-refractivity contribution is 0.249. The van der Waals surface area contributed by atoms with Gasteiger partial charge in [0.15, 0.2) is 0 Å². The summed E-state index contributed by atoms with van der Waals surface area (Å²) in [5, 5.41) is 15.4. The maximum atomic E-state index is 12.1. The summed E-state index contributed by atoms with van der Waals surface area (Å²) < 4.78 is 0. The summed E-state index contributed by atoms with van der Waals surface area (Å²) in [7, 11) is 0. The van der Waals surface area contributed by atoms with Gasteiger partial charge in [0.05, 0.1) is 0 Å². The molecule has 0 aliphatic heterocycles. The SMILES string of the molecule is CC(C)Cc1nnc(NC(=O)NC2Cc3ccccc3C2)s1. The third-order valence-corrected chi connectivity index (χ3v) is 4.52. The average molecular weight is 316 g/mol. The van der Waals surface area contributed by atoms with Crippen LogP contribution >= 0.6 is 11.3 Å². The first kappa shape index (κ1) is 15.0. The van der Waals surface area contributed by atoms with Gasteiger partial charge in [0.25, 0.3) is 0 Å². The Balaban J connectivity index is 1.52. The molecule has 1 heterocycles. The first-order chi connectivity index (χ1) is 10.6. The summed E-state index contributed by atoms with van der Waals surface area (Å²) in [6.45, 7) is 4.28. The van der Waals surface area contributed by atoms with Crippen LogP contribution < -0.4 is 10.6 Å². The monoisotopic (exact) mass is 316 g/mol. The minimum Gasteiger partial charge on any atom is -0.334 e. The maximum Gasteiger partial charge on any atom is 0.321 e. The Bertz CT molecular complexity index is 643. The van der Waals surface area contributed by atoms with E-state index in [-0.39, 0.29) is 12.1 Å². The van der Waals surface area contributed by atoms with Crippen LogP contribution in [-0.4, -0.2) is 22.3 Å². The highest BCUT2D eigenvalue weighted by atomic mass is 32.1. The lowest BCUT2D eigenvalue weighted by Crippen LogP contribution is -2.38. The zero-order chi connectivity index (χ0) is 15.5. The Hall–Kier alpha value is -1.95. The van der Waals surface area contributed by atoms with Crippen LogP contribution in [0.5, 0.6) is 0 Å². The fourth-order valence-electron chi connectivity index (χ4n) is 2.72. The number of carbonyl (C=O) groups excluding carboxylic acids is 1. The molecule has 0 saturated carbocycles. The predicted octanol–water partition coefficient (Wildman–Crippen LogP) is 3.03. The molecular weight excluding hydrogens is 296 g/mol. The van der Waals surface area contributed by atoms with E-state index in [0.29, 0.717) is 11.0 Å². The number of hydrogen-bond acceptors (Lipinski definition) is 4. The van der Waals surface area contributed by atoms with Crippen LogP contribution in [0.1, 0.15) is 30.0 Å². The molecule has 2 aromatic rings. The number of nitrogens with one attached hydrogen (secondary N) is 2. The molecule has 2 N–H and O–H groups in total. The molecule has 0 saturated heterocycles. The molecule has 116 valence electrons. The molecule has 0 unspecified atom stereocenters. The number of nitrogens with zero attached hydrogens (tertiary/aromatic N) is 2. The zero-order valence-corrected chi connectivity index (χ0v) is 13.6. The van der Waals surface area contributed by atoms with Gasteiger partial charge in [-0.25, -0.2) is 4.79 Å². The summed E-state index contributed by atoms with van der Waals surface area (Å²) >= 11 is 1.44. The van der Waals surface area contributed by atoms with Crippen LogP contribution in [0.25, 0.3) is 0 Å². The molecule has 22 heavy (non-hydrogen) atoms. The van der Waals surface area contributed by atoms with Gasteiger partial charge in [0, 0.05) is 12.5 Å². The number of anilines is 1. The van der Waals surface area contributed by atoms with E-state index >= 15 is 0 Å². The summed E-state index contributed by atoms with van der Waals surface area (Å²) in [6.07, 6.45) is 2.66. The Morgan fingerprint density at radius 2 is 1.95 bits per heavy atom. The Kier molecular flexibility index (Phi) is 4.38. The molecule has 1 aromatic carbocycles. The van der Waals surface area contributed by atoms with Crippen LogP contribution in [-0.2, 0) is 19.3 Å². The second-order valence-corrected chi connectivity index (χ2v) is 7.13. The summed E-state index contributed by atoms with van der Waals surface area (Å²) in [5.74, 6) is 0.534. The Labute approximate surface area is 134 Å². The van der Waals surface area contributed by atoms with Crippen LogP contribution in [0.4, 0.5) is 9.93 Å². The van der Waals surface area contributed by atoms with E-state index in [1.807, 2.05) is 12.1 Å². The number of hydrogen-bond donors (Lipinski definition) is 2. The van der Waals surface area contributed by atoms with E-state index in [1.165, 1.54) is 22.5 Å². The van der Waals surface area contributed by atoms with Crippen LogP contribution in [0.2, 0.25) is 0 Å². The lowest BCUT2D eigenvalue weighted by atomic mass is 10.1. The third-order valence-electron chi connectivity index (χ3n) is 3.66. The molecule has 0 spiro atoms. The van der Waals surface area contributed by atoms with Crippen LogP contribution in [0, 0.1) is 5.92 Å². The second kappa shape index (κ2) is 6.44. The third kappa shape index (κ3) is 3.62. The first-order valence-corrected chi connectivity index (χ1v) is 8.38. The number of aromatic nitrogens is 2. The molecule has 1 aromatic heterocycles. The highest BCUT2D eigenvalue weighted by Gasteiger charge is 2.22. The number of benzene rings is 1. The highest BCUT2D eigenvalue weighted by molar-refractivity contribution is 7.15. The van der Waals surface area contributed by atoms with Crippen molar-refractivity contribution in [2.24, 2.45) is 5.92 Å². The van der Waals surface area contributed by atoms with E-state index in [0.717, 1.165) is 24.3 Å². The van der Waals surface area contributed by atoms with E-state index < -0.39 is 0 Å². The van der Waals surface area contributed by atoms with Gasteiger partial charge in [-0.2, -0.15) is 0 Å². The van der Waals surface area contributed by atoms with Crippen molar-refractivity contribution >= 4 is 22.5 Å². The van der Waals surface area contributed by atoms with Gasteiger partial charge in [0.1, 0.15) is 5.01 Å². The predicted molar refractivity (Wildman–Crippen MR) is 88.2 cm³/mol. The van der Waals surface area contributed by atoms with E-state index in [9.17, 15) is 4.79 Å². The van der Waals surface area contributed by atoms with Gasteiger partial charge in [0.2, 0.25) is 5.13 Å². The lowest BCUT2D eigenvalue weighted by Gasteiger charge is -2.11. The van der Waals surface area contributed by atoms with Crippen molar-refractivity contribution in [2.75, 3.05) is 5.32 Å². The van der Waals surface area contributed by atoms with Crippen molar-refractivity contribution in [1.82, 2.24) is 15.5 Å². The van der Waals surface area contributed by atoms with Gasteiger partial charge in [-0.3, -0.25) is 5.32 Å². The molecule has 6 heteroatoms. The van der Waals surface area contributed by atoms with Gasteiger partial charge in [-0.05, 0) is 29.9 Å². The quantitative estimate of drug-likeness (QED) is 0.911. The molecular formula is C16H20N4OS. The van der Waals surface area contributed by atoms with Crippen LogP contribution in [0.15, 0.2) is 24.3 Å². The Morgan fingerprint density at radius 1 is 1.27 bits per heavy atom. The minimum absolute atomic E-state index is 0.153. The van der Waals surface area contributed by atoms with E-state index in [4.69, 9.17) is 0 Å². The van der Waals surface area contributed by atoms with Gasteiger partial charge < -0.3 is 5.32 Å². The van der Waals surface area contributed by atoms with E-state index in [2.05, 4.69) is 46.8 Å². The second-order valence-electron chi connectivity index (χ2n) is 6.07. The fraction of sp³-hybridized carbons (Fsp3) is 0.438. The Morgan fingerprint density at radius 3 is 2.59 bits per heavy atom. The van der Waals surface area contributed by atoms with E-state index in [1.54, 1.807) is 0 Å². The maximum absolute atomic E-state index is 12.1. The number of rotatable bonds is 4. The molecule has 5 nitrogen and oxygen atoms in total. The molecule has 0 atom stereocenters. The van der Waals surface area contributed by atoms with Crippen molar-refractivity contribution in [2.45, 2.75) is 39.2 Å². The highest BCUT2D eigenvalue weighted by Crippen LogP contribution is 2.22. The van der Waals surface area contributed by atoms with Crippen molar-refractivity contribution in [3.05, 3.63) is 40.4 Å². The number of urea groups is 1. The number of amides is 2. The average Bonchev–Trinajstić information content (AvgIpc) is 3.03. The summed E-state index contributed by atoms with van der Waals surface area (Å²) in [5.41, 5.74) is 2.64. The molecule has 0 radical (unpaired) electrons. The smallest absolute Gasteiger partial charge is 0.321 e. The molecule has 0 bridgehead atoms. The van der Waals surface area contributed by atoms with Gasteiger partial charge >= 0.3 is 6.03 Å². The van der Waals surface area contributed by atoms with Gasteiger partial charge in [-0.1, -0.05) is 49.4 Å². The number of carbonyl (C=O) groups is 1. The first-order valence-electron chi connectivity index (χ1n) is 7.57. The molecule has 1 aliphatic carbocycles. The zero-order valence-electron chi connectivity index (χ0n) is 12.8. The molecule has 3 rings (SSSR count). The summed E-state index contributed by atoms with van der Waals surface area (Å²) in [6, 6.07) is 8.28. The summed E-state index contributed by atoms with van der Waals surface area (Å²) in [4.78, 5) is 12.1. The minimum atomic E-state index is -0.204. The van der Waals surface area contributed by atoms with Crippen LogP contribution in [0.3, 0.4) is 0 Å². The topological polar surface area (TPSA) is 66.9 Å². The van der Waals surface area contributed by atoms with Crippen molar-refractivity contribution < 1.29 is 4.79 Å².